The molecule has 1 N–H and O–H groups in total. The molecule has 1 heterocycles. The molecule has 0 radical (unpaired) electrons. The van der Waals surface area contributed by atoms with Crippen LogP contribution < -0.4 is 0 Å². The first-order valence-electron chi connectivity index (χ1n) is 7.69. The number of thioether (sulfide) groups is 1. The molecule has 2 aliphatic rings. The molecule has 0 aromatic heterocycles. The lowest BCUT2D eigenvalue weighted by molar-refractivity contribution is -0.209. The number of piperidine rings is 1. The second kappa shape index (κ2) is 7.65. The molecule has 114 valence electrons. The fraction of sp³-hybridized carbons (Fsp3) is 0.933. The Labute approximate surface area is 126 Å². The molecule has 1 saturated carbocycles. The summed E-state index contributed by atoms with van der Waals surface area (Å²) in [7, 11) is 0. The molecular weight excluding hydrogens is 272 g/mol. The highest BCUT2D eigenvalue weighted by molar-refractivity contribution is 7.99. The van der Waals surface area contributed by atoms with Crippen molar-refractivity contribution in [1.29, 1.82) is 5.26 Å². The number of hydrogen-bond donors (Lipinski definition) is 1. The molecule has 2 fully saturated rings. The van der Waals surface area contributed by atoms with Crippen LogP contribution in [0.25, 0.3) is 0 Å². The van der Waals surface area contributed by atoms with E-state index in [1.54, 1.807) is 11.8 Å². The lowest BCUT2D eigenvalue weighted by Crippen LogP contribution is -2.62. The zero-order valence-corrected chi connectivity index (χ0v) is 13.2. The summed E-state index contributed by atoms with van der Waals surface area (Å²) >= 11 is 1.72. The van der Waals surface area contributed by atoms with Gasteiger partial charge in [0.15, 0.2) is 0 Å². The van der Waals surface area contributed by atoms with Gasteiger partial charge in [0.25, 0.3) is 0 Å². The van der Waals surface area contributed by atoms with Crippen LogP contribution in [0.5, 0.6) is 0 Å². The Morgan fingerprint density at radius 1 is 1.45 bits per heavy atom. The molecule has 0 amide bonds. The highest BCUT2D eigenvalue weighted by Crippen LogP contribution is 2.50. The van der Waals surface area contributed by atoms with Crippen LogP contribution in [-0.4, -0.2) is 60.0 Å². The summed E-state index contributed by atoms with van der Waals surface area (Å²) in [5, 5.41) is 18.6. The van der Waals surface area contributed by atoms with Crippen LogP contribution in [0.3, 0.4) is 0 Å². The van der Waals surface area contributed by atoms with Gasteiger partial charge in [-0.15, -0.1) is 11.8 Å². The third-order valence-electron chi connectivity index (χ3n) is 4.83. The number of nitriles is 1. The van der Waals surface area contributed by atoms with E-state index in [9.17, 15) is 5.11 Å². The molecule has 1 spiro atoms. The molecule has 20 heavy (non-hydrogen) atoms. The molecule has 2 atom stereocenters. The van der Waals surface area contributed by atoms with Gasteiger partial charge in [0.2, 0.25) is 0 Å². The van der Waals surface area contributed by atoms with Gasteiger partial charge >= 0.3 is 0 Å². The fourth-order valence-corrected chi connectivity index (χ4v) is 4.09. The molecule has 1 aliphatic heterocycles. The maximum atomic E-state index is 10.1. The zero-order valence-electron chi connectivity index (χ0n) is 12.4. The summed E-state index contributed by atoms with van der Waals surface area (Å²) in [4.78, 5) is 2.49. The van der Waals surface area contributed by atoms with Gasteiger partial charge in [-0.2, -0.15) is 5.26 Å². The molecular formula is C15H26N2O2S. The third-order valence-corrected chi connectivity index (χ3v) is 5.74. The minimum Gasteiger partial charge on any atom is -0.392 e. The van der Waals surface area contributed by atoms with E-state index in [1.165, 1.54) is 0 Å². The second-order valence-corrected chi connectivity index (χ2v) is 6.94. The Morgan fingerprint density at radius 2 is 2.20 bits per heavy atom. The fourth-order valence-electron chi connectivity index (χ4n) is 3.52. The summed E-state index contributed by atoms with van der Waals surface area (Å²) in [5.74, 6) is 1.67. The van der Waals surface area contributed by atoms with Crippen LogP contribution in [0.1, 0.15) is 32.6 Å². The van der Waals surface area contributed by atoms with E-state index in [0.717, 1.165) is 57.7 Å². The molecule has 2 rings (SSSR count). The lowest BCUT2D eigenvalue weighted by atomic mass is 9.58. The molecule has 5 heteroatoms. The quantitative estimate of drug-likeness (QED) is 0.727. The number of nitrogens with zero attached hydrogens (tertiary/aromatic N) is 2. The summed E-state index contributed by atoms with van der Waals surface area (Å²) in [6.45, 7) is 6.04. The standard InChI is InChI=1S/C15H26N2O2S/c1-2-19-14-12-13(18)15(14)4-8-17(9-5-15)7-3-10-20-11-6-16/h13-14,18H,2-5,7-12H2,1H3. The number of likely N-dealkylation sites (tertiary alicyclic amines) is 1. The Hall–Kier alpha value is -0.280. The van der Waals surface area contributed by atoms with Gasteiger partial charge in [0.05, 0.1) is 24.0 Å². The van der Waals surface area contributed by atoms with Gasteiger partial charge < -0.3 is 14.7 Å². The van der Waals surface area contributed by atoms with Gasteiger partial charge in [0.1, 0.15) is 0 Å². The summed E-state index contributed by atoms with van der Waals surface area (Å²) in [5.41, 5.74) is 0.0437. The topological polar surface area (TPSA) is 56.5 Å². The Morgan fingerprint density at radius 3 is 2.80 bits per heavy atom. The van der Waals surface area contributed by atoms with E-state index >= 15 is 0 Å². The van der Waals surface area contributed by atoms with Gasteiger partial charge in [-0.1, -0.05) is 0 Å². The van der Waals surface area contributed by atoms with E-state index in [4.69, 9.17) is 10.00 Å². The molecule has 1 saturated heterocycles. The normalized spacial score (nSPS) is 29.1. The second-order valence-electron chi connectivity index (χ2n) is 5.83. The predicted molar refractivity (Wildman–Crippen MR) is 81.7 cm³/mol. The van der Waals surface area contributed by atoms with Crippen molar-refractivity contribution in [1.82, 2.24) is 4.90 Å². The number of aliphatic hydroxyl groups excluding tert-OH is 1. The van der Waals surface area contributed by atoms with Crippen molar-refractivity contribution < 1.29 is 9.84 Å². The van der Waals surface area contributed by atoms with E-state index in [2.05, 4.69) is 11.0 Å². The van der Waals surface area contributed by atoms with Crippen molar-refractivity contribution in [2.75, 3.05) is 37.7 Å². The first kappa shape index (κ1) is 16.1. The average Bonchev–Trinajstić information content (AvgIpc) is 2.47. The molecule has 4 nitrogen and oxygen atoms in total. The molecule has 0 bridgehead atoms. The van der Waals surface area contributed by atoms with Gasteiger partial charge in [-0.3, -0.25) is 0 Å². The number of ether oxygens (including phenoxy) is 1. The first-order chi connectivity index (χ1) is 9.73. The summed E-state index contributed by atoms with van der Waals surface area (Å²) in [6.07, 6.45) is 4.20. The van der Waals surface area contributed by atoms with Crippen molar-refractivity contribution in [3.05, 3.63) is 0 Å². The Bertz CT molecular complexity index is 335. The summed E-state index contributed by atoms with van der Waals surface area (Å²) in [6, 6.07) is 2.16. The van der Waals surface area contributed by atoms with Crippen LogP contribution in [-0.2, 0) is 4.74 Å². The predicted octanol–water partition coefficient (Wildman–Crippen LogP) is 1.89. The van der Waals surface area contributed by atoms with E-state index in [0.29, 0.717) is 5.75 Å². The smallest absolute Gasteiger partial charge is 0.0808 e. The number of hydrogen-bond acceptors (Lipinski definition) is 5. The van der Waals surface area contributed by atoms with Crippen molar-refractivity contribution in [3.63, 3.8) is 0 Å². The van der Waals surface area contributed by atoms with Gasteiger partial charge in [-0.05, 0) is 51.6 Å². The maximum Gasteiger partial charge on any atom is 0.0808 e. The lowest BCUT2D eigenvalue weighted by Gasteiger charge is -2.56. The largest absolute Gasteiger partial charge is 0.392 e. The highest BCUT2D eigenvalue weighted by atomic mass is 32.2. The monoisotopic (exact) mass is 298 g/mol. The SMILES string of the molecule is CCOC1CC(O)C12CCN(CCCSCC#N)CC2. The average molecular weight is 298 g/mol. The minimum absolute atomic E-state index is 0.0437. The van der Waals surface area contributed by atoms with Crippen molar-refractivity contribution in [2.24, 2.45) is 5.41 Å². The summed E-state index contributed by atoms with van der Waals surface area (Å²) < 4.78 is 5.79. The van der Waals surface area contributed by atoms with Gasteiger partial charge in [-0.25, -0.2) is 0 Å². The van der Waals surface area contributed by atoms with Crippen LogP contribution in [0.2, 0.25) is 0 Å². The number of aliphatic hydroxyl groups is 1. The highest BCUT2D eigenvalue weighted by Gasteiger charge is 2.55. The minimum atomic E-state index is -0.160. The number of rotatable bonds is 7. The van der Waals surface area contributed by atoms with Crippen molar-refractivity contribution in [3.8, 4) is 6.07 Å². The van der Waals surface area contributed by atoms with Crippen LogP contribution in [0.15, 0.2) is 0 Å². The van der Waals surface area contributed by atoms with E-state index in [1.807, 2.05) is 6.92 Å². The third kappa shape index (κ3) is 3.48. The molecule has 0 aromatic carbocycles. The maximum absolute atomic E-state index is 10.1. The molecule has 0 aromatic rings. The van der Waals surface area contributed by atoms with Gasteiger partial charge in [0, 0.05) is 18.4 Å². The van der Waals surface area contributed by atoms with Crippen molar-refractivity contribution >= 4 is 11.8 Å². The van der Waals surface area contributed by atoms with Crippen LogP contribution in [0, 0.1) is 16.7 Å². The van der Waals surface area contributed by atoms with E-state index < -0.39 is 0 Å². The molecule has 2 unspecified atom stereocenters. The van der Waals surface area contributed by atoms with Crippen molar-refractivity contribution in [2.45, 2.75) is 44.8 Å². The Kier molecular flexibility index (Phi) is 6.16. The van der Waals surface area contributed by atoms with Crippen LogP contribution in [0.4, 0.5) is 0 Å². The zero-order chi connectivity index (χ0) is 14.4. The Balaban J connectivity index is 1.68. The van der Waals surface area contributed by atoms with E-state index in [-0.39, 0.29) is 17.6 Å². The first-order valence-corrected chi connectivity index (χ1v) is 8.85. The molecule has 1 aliphatic carbocycles. The van der Waals surface area contributed by atoms with Crippen LogP contribution >= 0.6 is 11.8 Å².